The van der Waals surface area contributed by atoms with Crippen LogP contribution in [0.4, 0.5) is 0 Å². The lowest BCUT2D eigenvalue weighted by molar-refractivity contribution is 0.288. The fourth-order valence-electron chi connectivity index (χ4n) is 0.216. The zero-order chi connectivity index (χ0) is 6.41. The lowest BCUT2D eigenvalue weighted by Gasteiger charge is -1.92. The highest BCUT2D eigenvalue weighted by atomic mass is 16.5. The van der Waals surface area contributed by atoms with E-state index >= 15 is 0 Å². The highest BCUT2D eigenvalue weighted by molar-refractivity contribution is 5.71. The summed E-state index contributed by atoms with van der Waals surface area (Å²) < 4.78 is 4.60. The Morgan fingerprint density at radius 2 is 2.38 bits per heavy atom. The van der Waals surface area contributed by atoms with Crippen LogP contribution in [0.1, 0.15) is 0 Å². The lowest BCUT2D eigenvalue weighted by Crippen LogP contribution is -1.98. The Labute approximate surface area is 48.9 Å². The van der Waals surface area contributed by atoms with E-state index in [4.69, 9.17) is 5.73 Å². The van der Waals surface area contributed by atoms with Crippen LogP contribution in [0.15, 0.2) is 17.0 Å². The van der Waals surface area contributed by atoms with E-state index in [-0.39, 0.29) is 0 Å². The summed E-state index contributed by atoms with van der Waals surface area (Å²) in [6.07, 6.45) is 3.15. The molecule has 0 unspecified atom stereocenters. The van der Waals surface area contributed by atoms with E-state index < -0.39 is 0 Å². The second kappa shape index (κ2) is 4.18. The molecule has 8 heavy (non-hydrogen) atoms. The fraction of sp³-hybridized carbons (Fsp3) is 0.400. The summed E-state index contributed by atoms with van der Waals surface area (Å²) in [5.41, 5.74) is 5.21. The molecule has 0 aliphatic rings. The van der Waals surface area contributed by atoms with Crippen molar-refractivity contribution in [3.63, 3.8) is 0 Å². The van der Waals surface area contributed by atoms with E-state index in [1.54, 1.807) is 19.3 Å². The second-order valence-corrected chi connectivity index (χ2v) is 1.18. The normalized spacial score (nSPS) is 12.5. The number of nitrogens with two attached hydrogens (primary N) is 1. The molecule has 0 aliphatic heterocycles. The minimum Gasteiger partial charge on any atom is -0.483 e. The van der Waals surface area contributed by atoms with Gasteiger partial charge in [-0.25, -0.2) is 0 Å². The van der Waals surface area contributed by atoms with Crippen molar-refractivity contribution in [3.05, 3.63) is 12.0 Å². The quantitative estimate of drug-likeness (QED) is 0.410. The van der Waals surface area contributed by atoms with Crippen LogP contribution in [0, 0.1) is 0 Å². The first-order chi connectivity index (χ1) is 3.81. The zero-order valence-corrected chi connectivity index (χ0v) is 5.09. The highest BCUT2D eigenvalue weighted by Crippen LogP contribution is 1.77. The van der Waals surface area contributed by atoms with Crippen molar-refractivity contribution < 1.29 is 4.74 Å². The fourth-order valence-corrected chi connectivity index (χ4v) is 0.216. The molecule has 0 aromatic heterocycles. The second-order valence-electron chi connectivity index (χ2n) is 1.18. The number of methoxy groups -OCH3 is 1. The molecule has 0 heterocycles. The van der Waals surface area contributed by atoms with Crippen LogP contribution in [0.3, 0.4) is 0 Å². The summed E-state index contributed by atoms with van der Waals surface area (Å²) in [5.74, 6) is 0.371. The molecule has 0 saturated carbocycles. The molecule has 3 heteroatoms. The maximum absolute atomic E-state index is 5.21. The number of hydrogen-bond acceptors (Lipinski definition) is 3. The molecule has 0 bridgehead atoms. The monoisotopic (exact) mass is 114 g/mol. The van der Waals surface area contributed by atoms with Crippen molar-refractivity contribution in [2.45, 2.75) is 0 Å². The van der Waals surface area contributed by atoms with Gasteiger partial charge in [0, 0.05) is 19.3 Å². The van der Waals surface area contributed by atoms with Gasteiger partial charge in [0.2, 0.25) is 0 Å². The van der Waals surface area contributed by atoms with Gasteiger partial charge in [-0.1, -0.05) is 0 Å². The third kappa shape index (κ3) is 3.21. The van der Waals surface area contributed by atoms with Gasteiger partial charge < -0.3 is 10.5 Å². The average Bonchev–Trinajstić information content (AvgIpc) is 1.83. The topological polar surface area (TPSA) is 47.6 Å². The van der Waals surface area contributed by atoms with Crippen LogP contribution in [-0.2, 0) is 4.74 Å². The maximum Gasteiger partial charge on any atom is 0.185 e. The van der Waals surface area contributed by atoms with Crippen molar-refractivity contribution in [1.82, 2.24) is 0 Å². The minimum absolute atomic E-state index is 0.371. The molecule has 0 aliphatic carbocycles. The van der Waals surface area contributed by atoms with Crippen molar-refractivity contribution in [2.75, 3.05) is 14.2 Å². The first-order valence-electron chi connectivity index (χ1n) is 2.23. The Hall–Kier alpha value is -0.990. The number of nitrogens with zero attached hydrogens (tertiary/aromatic N) is 1. The Morgan fingerprint density at radius 1 is 1.75 bits per heavy atom. The van der Waals surface area contributed by atoms with E-state index in [0.29, 0.717) is 5.88 Å². The van der Waals surface area contributed by atoms with Gasteiger partial charge in [-0.2, -0.15) is 0 Å². The first kappa shape index (κ1) is 7.01. The molecule has 0 rings (SSSR count). The van der Waals surface area contributed by atoms with Gasteiger partial charge in [0.05, 0.1) is 7.11 Å². The van der Waals surface area contributed by atoms with Gasteiger partial charge >= 0.3 is 0 Å². The molecule has 0 atom stereocenters. The van der Waals surface area contributed by atoms with Crippen molar-refractivity contribution in [2.24, 2.45) is 10.7 Å². The Morgan fingerprint density at radius 3 is 2.75 bits per heavy atom. The number of ether oxygens (including phenoxy) is 1. The summed E-state index contributed by atoms with van der Waals surface area (Å²) in [4.78, 5) is 3.66. The SMILES string of the molecule is CN=CC=C(N)OC. The van der Waals surface area contributed by atoms with Gasteiger partial charge in [0.1, 0.15) is 0 Å². The van der Waals surface area contributed by atoms with Crippen LogP contribution in [0.5, 0.6) is 0 Å². The number of allylic oxidation sites excluding steroid dienone is 1. The van der Waals surface area contributed by atoms with E-state index in [1.165, 1.54) is 7.11 Å². The summed E-state index contributed by atoms with van der Waals surface area (Å²) in [6, 6.07) is 0. The van der Waals surface area contributed by atoms with Crippen LogP contribution in [-0.4, -0.2) is 20.4 Å². The molecule has 0 aromatic rings. The Bertz CT molecular complexity index is 107. The van der Waals surface area contributed by atoms with Gasteiger partial charge in [-0.15, -0.1) is 0 Å². The molecule has 0 radical (unpaired) electrons. The molecule has 0 aromatic carbocycles. The summed E-state index contributed by atoms with van der Waals surface area (Å²) >= 11 is 0. The zero-order valence-electron chi connectivity index (χ0n) is 5.09. The molecule has 0 spiro atoms. The number of hydrogen-bond donors (Lipinski definition) is 1. The van der Waals surface area contributed by atoms with E-state index in [2.05, 4.69) is 9.73 Å². The van der Waals surface area contributed by atoms with Gasteiger partial charge in [0.25, 0.3) is 0 Å². The third-order valence-corrected chi connectivity index (χ3v) is 0.624. The van der Waals surface area contributed by atoms with E-state index in [1.807, 2.05) is 0 Å². The molecule has 46 valence electrons. The standard InChI is InChI=1S/C5H10N2O/c1-7-4-3-5(6)8-2/h3-4H,6H2,1-2H3. The number of aliphatic imine (C=N–C) groups is 1. The lowest BCUT2D eigenvalue weighted by atomic mass is 10.6. The first-order valence-corrected chi connectivity index (χ1v) is 2.23. The molecular weight excluding hydrogens is 104 g/mol. The number of rotatable bonds is 2. The predicted octanol–water partition coefficient (Wildman–Crippen LogP) is 0.134. The van der Waals surface area contributed by atoms with E-state index in [9.17, 15) is 0 Å². The van der Waals surface area contributed by atoms with Crippen molar-refractivity contribution in [1.29, 1.82) is 0 Å². The summed E-state index contributed by atoms with van der Waals surface area (Å²) in [5, 5.41) is 0. The minimum atomic E-state index is 0.371. The van der Waals surface area contributed by atoms with Crippen LogP contribution in [0.2, 0.25) is 0 Å². The van der Waals surface area contributed by atoms with Crippen molar-refractivity contribution >= 4 is 6.21 Å². The highest BCUT2D eigenvalue weighted by Gasteiger charge is 1.76. The maximum atomic E-state index is 5.21. The molecule has 0 amide bonds. The molecule has 2 N–H and O–H groups in total. The van der Waals surface area contributed by atoms with Crippen LogP contribution >= 0.6 is 0 Å². The van der Waals surface area contributed by atoms with E-state index in [0.717, 1.165) is 0 Å². The third-order valence-electron chi connectivity index (χ3n) is 0.624. The molecular formula is C5H10N2O. The summed E-state index contributed by atoms with van der Waals surface area (Å²) in [6.45, 7) is 0. The predicted molar refractivity (Wildman–Crippen MR) is 33.7 cm³/mol. The average molecular weight is 114 g/mol. The van der Waals surface area contributed by atoms with Gasteiger partial charge in [-0.3, -0.25) is 4.99 Å². The Balaban J connectivity index is 3.57. The van der Waals surface area contributed by atoms with Gasteiger partial charge in [-0.05, 0) is 0 Å². The van der Waals surface area contributed by atoms with Gasteiger partial charge in [0.15, 0.2) is 5.88 Å². The Kier molecular flexibility index (Phi) is 3.66. The molecule has 0 saturated heterocycles. The summed E-state index contributed by atoms with van der Waals surface area (Å²) in [7, 11) is 3.18. The van der Waals surface area contributed by atoms with Crippen LogP contribution < -0.4 is 5.73 Å². The van der Waals surface area contributed by atoms with Crippen LogP contribution in [0.25, 0.3) is 0 Å². The molecule has 0 fully saturated rings. The smallest absolute Gasteiger partial charge is 0.185 e. The molecule has 3 nitrogen and oxygen atoms in total. The largest absolute Gasteiger partial charge is 0.483 e. The van der Waals surface area contributed by atoms with Crippen molar-refractivity contribution in [3.8, 4) is 0 Å².